The molecule has 2 atom stereocenters. The van der Waals surface area contributed by atoms with Crippen molar-refractivity contribution in [2.45, 2.75) is 24.7 Å². The highest BCUT2D eigenvalue weighted by Crippen LogP contribution is 2.56. The molecule has 0 saturated carbocycles. The largest absolute Gasteiger partial charge is 0.310 e. The first-order chi connectivity index (χ1) is 29.5. The van der Waals surface area contributed by atoms with E-state index in [4.69, 9.17) is 0 Å². The Kier molecular flexibility index (Phi) is 7.73. The Balaban J connectivity index is 1.09. The third-order valence-corrected chi connectivity index (χ3v) is 14.8. The van der Waals surface area contributed by atoms with E-state index in [2.05, 4.69) is 231 Å². The number of anilines is 3. The quantitative estimate of drug-likeness (QED) is 0.162. The highest BCUT2D eigenvalue weighted by molar-refractivity contribution is 7.25. The van der Waals surface area contributed by atoms with E-state index in [0.29, 0.717) is 0 Å². The van der Waals surface area contributed by atoms with E-state index in [0.717, 1.165) is 17.1 Å². The maximum atomic E-state index is 2.49. The van der Waals surface area contributed by atoms with Crippen LogP contribution < -0.4 is 4.90 Å². The standard InChI is InChI=1S/C58H41NS/c1-57(39-18-5-3-6-19-39)51-28-13-10-24-46(51)49-36-42(32-34-52(49)57)59(41-22-15-17-38(35-41)44-26-16-30-55-56(44)48-25-11-14-29-54(48)60-55)43-31-33-47-45-23-9-12-27-50(45)58(2,53(47)37-43)40-20-7-4-8-21-40/h3-37H,1-2H3. The molecule has 2 aliphatic carbocycles. The predicted molar refractivity (Wildman–Crippen MR) is 254 cm³/mol. The van der Waals surface area contributed by atoms with Gasteiger partial charge in [0.1, 0.15) is 0 Å². The van der Waals surface area contributed by atoms with Gasteiger partial charge < -0.3 is 4.90 Å². The van der Waals surface area contributed by atoms with Crippen molar-refractivity contribution in [1.82, 2.24) is 0 Å². The predicted octanol–water partition coefficient (Wildman–Crippen LogP) is 15.9. The van der Waals surface area contributed by atoms with Crippen LogP contribution in [0.25, 0.3) is 53.6 Å². The molecule has 2 heteroatoms. The summed E-state index contributed by atoms with van der Waals surface area (Å²) in [7, 11) is 0. The van der Waals surface area contributed by atoms with Gasteiger partial charge in [-0.25, -0.2) is 0 Å². The molecule has 0 spiro atoms. The minimum Gasteiger partial charge on any atom is -0.310 e. The molecule has 9 aromatic carbocycles. The van der Waals surface area contributed by atoms with Crippen LogP contribution in [0.4, 0.5) is 17.1 Å². The molecule has 0 radical (unpaired) electrons. The summed E-state index contributed by atoms with van der Waals surface area (Å²) in [5, 5.41) is 2.64. The van der Waals surface area contributed by atoms with Crippen molar-refractivity contribution in [2.24, 2.45) is 0 Å². The van der Waals surface area contributed by atoms with Crippen LogP contribution in [-0.4, -0.2) is 0 Å². The molecule has 0 saturated heterocycles. The van der Waals surface area contributed by atoms with E-state index in [1.807, 2.05) is 11.3 Å². The highest BCUT2D eigenvalue weighted by atomic mass is 32.1. The van der Waals surface area contributed by atoms with Crippen molar-refractivity contribution in [2.75, 3.05) is 4.90 Å². The molecule has 0 bridgehead atoms. The lowest BCUT2D eigenvalue weighted by atomic mass is 9.74. The fraction of sp³-hybridized carbons (Fsp3) is 0.0690. The van der Waals surface area contributed by atoms with Crippen LogP contribution in [0.1, 0.15) is 47.2 Å². The van der Waals surface area contributed by atoms with Crippen molar-refractivity contribution in [3.05, 3.63) is 246 Å². The molecule has 1 aromatic heterocycles. The number of hydrogen-bond acceptors (Lipinski definition) is 2. The minimum atomic E-state index is -0.319. The van der Waals surface area contributed by atoms with Gasteiger partial charge in [-0.05, 0) is 129 Å². The summed E-state index contributed by atoms with van der Waals surface area (Å²) in [6, 6.07) is 79.1. The van der Waals surface area contributed by atoms with Crippen LogP contribution in [0.2, 0.25) is 0 Å². The first-order valence-corrected chi connectivity index (χ1v) is 21.7. The summed E-state index contributed by atoms with van der Waals surface area (Å²) in [6.07, 6.45) is 0. The van der Waals surface area contributed by atoms with E-state index in [1.165, 1.54) is 86.9 Å². The number of benzene rings is 9. The number of hydrogen-bond donors (Lipinski definition) is 0. The van der Waals surface area contributed by atoms with Crippen LogP contribution in [0, 0.1) is 0 Å². The van der Waals surface area contributed by atoms with Crippen LogP contribution in [-0.2, 0) is 10.8 Å². The lowest BCUT2D eigenvalue weighted by Crippen LogP contribution is -2.23. The lowest BCUT2D eigenvalue weighted by Gasteiger charge is -2.31. The van der Waals surface area contributed by atoms with E-state index < -0.39 is 0 Å². The van der Waals surface area contributed by atoms with E-state index in [1.54, 1.807) is 0 Å². The van der Waals surface area contributed by atoms with Gasteiger partial charge in [0.15, 0.2) is 0 Å². The second kappa shape index (κ2) is 13.3. The first-order valence-electron chi connectivity index (χ1n) is 20.9. The summed E-state index contributed by atoms with van der Waals surface area (Å²) < 4.78 is 2.63. The van der Waals surface area contributed by atoms with Crippen molar-refractivity contribution < 1.29 is 0 Å². The summed E-state index contributed by atoms with van der Waals surface area (Å²) in [4.78, 5) is 2.49. The summed E-state index contributed by atoms with van der Waals surface area (Å²) >= 11 is 1.87. The molecule has 1 nitrogen and oxygen atoms in total. The van der Waals surface area contributed by atoms with Gasteiger partial charge in [0, 0.05) is 48.1 Å². The first kappa shape index (κ1) is 35.0. The van der Waals surface area contributed by atoms with Crippen LogP contribution in [0.3, 0.4) is 0 Å². The molecule has 12 rings (SSSR count). The zero-order chi connectivity index (χ0) is 40.0. The lowest BCUT2D eigenvalue weighted by molar-refractivity contribution is 0.713. The molecule has 0 aliphatic heterocycles. The fourth-order valence-corrected chi connectivity index (χ4v) is 11.8. The van der Waals surface area contributed by atoms with Gasteiger partial charge in [0.2, 0.25) is 0 Å². The van der Waals surface area contributed by atoms with E-state index >= 15 is 0 Å². The van der Waals surface area contributed by atoms with Gasteiger partial charge in [-0.15, -0.1) is 11.3 Å². The third-order valence-electron chi connectivity index (χ3n) is 13.6. The van der Waals surface area contributed by atoms with Crippen molar-refractivity contribution >= 4 is 48.6 Å². The van der Waals surface area contributed by atoms with Gasteiger partial charge in [-0.2, -0.15) is 0 Å². The maximum absolute atomic E-state index is 2.49. The maximum Gasteiger partial charge on any atom is 0.0468 e. The zero-order valence-corrected chi connectivity index (χ0v) is 34.4. The van der Waals surface area contributed by atoms with Crippen LogP contribution >= 0.6 is 11.3 Å². The normalized spacial score (nSPS) is 17.3. The summed E-state index contributed by atoms with van der Waals surface area (Å²) in [5.41, 5.74) is 18.4. The Hall–Kier alpha value is -7.00. The smallest absolute Gasteiger partial charge is 0.0468 e. The molecule has 284 valence electrons. The second-order valence-electron chi connectivity index (χ2n) is 16.7. The molecule has 10 aromatic rings. The second-order valence-corrected chi connectivity index (χ2v) is 17.8. The topological polar surface area (TPSA) is 3.24 Å². The number of rotatable bonds is 6. The Morgan fingerprint density at radius 3 is 1.62 bits per heavy atom. The van der Waals surface area contributed by atoms with Gasteiger partial charge in [-0.1, -0.05) is 164 Å². The molecule has 0 amide bonds. The average Bonchev–Trinajstić information content (AvgIpc) is 3.91. The molecule has 2 aliphatic rings. The van der Waals surface area contributed by atoms with Crippen molar-refractivity contribution in [3.8, 4) is 33.4 Å². The van der Waals surface area contributed by atoms with Gasteiger partial charge in [-0.3, -0.25) is 0 Å². The highest BCUT2D eigenvalue weighted by Gasteiger charge is 2.42. The molecular weight excluding hydrogens is 743 g/mol. The molecule has 2 unspecified atom stereocenters. The average molecular weight is 784 g/mol. The molecular formula is C58H41NS. The monoisotopic (exact) mass is 783 g/mol. The van der Waals surface area contributed by atoms with Crippen LogP contribution in [0.15, 0.2) is 212 Å². The summed E-state index contributed by atoms with van der Waals surface area (Å²) in [5.74, 6) is 0. The van der Waals surface area contributed by atoms with Gasteiger partial charge >= 0.3 is 0 Å². The Labute approximate surface area is 355 Å². The fourth-order valence-electron chi connectivity index (χ4n) is 10.7. The molecule has 0 N–H and O–H groups in total. The zero-order valence-electron chi connectivity index (χ0n) is 33.6. The SMILES string of the molecule is CC1(c2ccccc2)c2ccccc2-c2cc(N(c3cccc(-c4cccc5sc6ccccc6c45)c3)c3ccc4c(c3)C(C)(c3ccccc3)c3ccccc3-4)ccc21. The summed E-state index contributed by atoms with van der Waals surface area (Å²) in [6.45, 7) is 4.80. The van der Waals surface area contributed by atoms with Gasteiger partial charge in [0.25, 0.3) is 0 Å². The Morgan fingerprint density at radius 2 is 0.867 bits per heavy atom. The van der Waals surface area contributed by atoms with E-state index in [9.17, 15) is 0 Å². The Morgan fingerprint density at radius 1 is 0.350 bits per heavy atom. The number of nitrogens with zero attached hydrogens (tertiary/aromatic N) is 1. The molecule has 60 heavy (non-hydrogen) atoms. The van der Waals surface area contributed by atoms with Crippen molar-refractivity contribution in [1.29, 1.82) is 0 Å². The van der Waals surface area contributed by atoms with Crippen molar-refractivity contribution in [3.63, 3.8) is 0 Å². The minimum absolute atomic E-state index is 0.269. The van der Waals surface area contributed by atoms with Gasteiger partial charge in [0.05, 0.1) is 0 Å². The van der Waals surface area contributed by atoms with Crippen LogP contribution in [0.5, 0.6) is 0 Å². The molecule has 1 heterocycles. The van der Waals surface area contributed by atoms with E-state index in [-0.39, 0.29) is 10.8 Å². The molecule has 0 fully saturated rings. The Bertz CT molecular complexity index is 3310. The number of fused-ring (bicyclic) bond motifs is 9. The number of thiophene rings is 1. The third kappa shape index (κ3) is 4.98.